The van der Waals surface area contributed by atoms with Crippen molar-refractivity contribution in [3.63, 3.8) is 0 Å². The quantitative estimate of drug-likeness (QED) is 0.783. The highest BCUT2D eigenvalue weighted by Crippen LogP contribution is 2.20. The van der Waals surface area contributed by atoms with Gasteiger partial charge in [-0.05, 0) is 23.3 Å². The summed E-state index contributed by atoms with van der Waals surface area (Å²) in [5, 5.41) is 0. The summed E-state index contributed by atoms with van der Waals surface area (Å²) in [5.41, 5.74) is 8.99. The highest BCUT2D eigenvalue weighted by atomic mass is 19.1. The van der Waals surface area contributed by atoms with Crippen molar-refractivity contribution in [1.82, 2.24) is 4.98 Å². The van der Waals surface area contributed by atoms with Gasteiger partial charge in [0, 0.05) is 19.0 Å². The fraction of sp³-hybridized carbons (Fsp3) is 0.133. The highest BCUT2D eigenvalue weighted by Gasteiger charge is 2.09. The molecule has 3 rings (SSSR count). The topological polar surface area (TPSA) is 52.0 Å². The number of oxazole rings is 1. The van der Waals surface area contributed by atoms with E-state index in [-0.39, 0.29) is 5.82 Å². The first-order valence-corrected chi connectivity index (χ1v) is 6.08. The molecule has 4 heteroatoms. The van der Waals surface area contributed by atoms with Gasteiger partial charge in [0.05, 0.1) is 0 Å². The van der Waals surface area contributed by atoms with Crippen LogP contribution < -0.4 is 5.73 Å². The van der Waals surface area contributed by atoms with Crippen molar-refractivity contribution in [3.05, 3.63) is 65.3 Å². The van der Waals surface area contributed by atoms with E-state index in [9.17, 15) is 4.39 Å². The minimum Gasteiger partial charge on any atom is -0.440 e. The van der Waals surface area contributed by atoms with Crippen molar-refractivity contribution in [3.8, 4) is 0 Å². The number of benzene rings is 2. The van der Waals surface area contributed by atoms with E-state index in [1.165, 1.54) is 12.1 Å². The molecule has 0 aliphatic carbocycles. The Balaban J connectivity index is 1.96. The second kappa shape index (κ2) is 4.82. The molecule has 0 fully saturated rings. The summed E-state index contributed by atoms with van der Waals surface area (Å²) >= 11 is 0. The van der Waals surface area contributed by atoms with E-state index < -0.39 is 0 Å². The number of halogens is 1. The highest BCUT2D eigenvalue weighted by molar-refractivity contribution is 5.72. The van der Waals surface area contributed by atoms with E-state index >= 15 is 0 Å². The Labute approximate surface area is 109 Å². The van der Waals surface area contributed by atoms with Crippen LogP contribution in [0.15, 0.2) is 46.9 Å². The normalized spacial score (nSPS) is 11.1. The zero-order valence-corrected chi connectivity index (χ0v) is 10.3. The van der Waals surface area contributed by atoms with Gasteiger partial charge in [-0.2, -0.15) is 0 Å². The molecule has 0 aliphatic rings. The van der Waals surface area contributed by atoms with Crippen LogP contribution in [0.4, 0.5) is 4.39 Å². The van der Waals surface area contributed by atoms with Crippen LogP contribution in [0.5, 0.6) is 0 Å². The molecule has 0 atom stereocenters. The first-order chi connectivity index (χ1) is 9.26. The fourth-order valence-corrected chi connectivity index (χ4v) is 2.11. The molecule has 1 aromatic heterocycles. The lowest BCUT2D eigenvalue weighted by molar-refractivity contribution is 0.539. The molecule has 0 saturated carbocycles. The molecule has 0 radical (unpaired) electrons. The summed E-state index contributed by atoms with van der Waals surface area (Å²) in [7, 11) is 0. The SMILES string of the molecule is NCc1ccccc1Cc1nc2ccc(F)cc2o1. The molecule has 0 spiro atoms. The zero-order chi connectivity index (χ0) is 13.2. The molecule has 0 amide bonds. The minimum absolute atomic E-state index is 0.322. The van der Waals surface area contributed by atoms with Crippen molar-refractivity contribution in [2.45, 2.75) is 13.0 Å². The van der Waals surface area contributed by atoms with Gasteiger partial charge in [-0.15, -0.1) is 0 Å². The molecular weight excluding hydrogens is 243 g/mol. The summed E-state index contributed by atoms with van der Waals surface area (Å²) in [6.07, 6.45) is 0.559. The Kier molecular flexibility index (Phi) is 3.01. The van der Waals surface area contributed by atoms with E-state index in [4.69, 9.17) is 10.2 Å². The average Bonchev–Trinajstić information content (AvgIpc) is 2.80. The molecule has 0 unspecified atom stereocenters. The number of rotatable bonds is 3. The number of aromatic nitrogens is 1. The van der Waals surface area contributed by atoms with Crippen molar-refractivity contribution < 1.29 is 8.81 Å². The van der Waals surface area contributed by atoms with Gasteiger partial charge < -0.3 is 10.2 Å². The molecule has 3 aromatic rings. The molecule has 96 valence electrons. The van der Waals surface area contributed by atoms with Crippen LogP contribution >= 0.6 is 0 Å². The molecule has 0 aliphatic heterocycles. The Morgan fingerprint density at radius 2 is 1.89 bits per heavy atom. The predicted octanol–water partition coefficient (Wildman–Crippen LogP) is 3.02. The maximum absolute atomic E-state index is 13.1. The lowest BCUT2D eigenvalue weighted by Gasteiger charge is -2.04. The fourth-order valence-electron chi connectivity index (χ4n) is 2.11. The largest absolute Gasteiger partial charge is 0.440 e. The Morgan fingerprint density at radius 1 is 1.11 bits per heavy atom. The van der Waals surface area contributed by atoms with Crippen molar-refractivity contribution in [2.75, 3.05) is 0 Å². The standard InChI is InChI=1S/C15H13FN2O/c16-12-5-6-13-14(8-12)19-15(18-13)7-10-3-1-2-4-11(10)9-17/h1-6,8H,7,9,17H2. The van der Waals surface area contributed by atoms with Crippen molar-refractivity contribution in [2.24, 2.45) is 5.73 Å². The first kappa shape index (κ1) is 11.9. The first-order valence-electron chi connectivity index (χ1n) is 6.08. The molecule has 1 heterocycles. The van der Waals surface area contributed by atoms with Gasteiger partial charge in [0.25, 0.3) is 0 Å². The predicted molar refractivity (Wildman–Crippen MR) is 71.1 cm³/mol. The third-order valence-corrected chi connectivity index (χ3v) is 3.07. The van der Waals surface area contributed by atoms with Gasteiger partial charge in [0.2, 0.25) is 0 Å². The molecule has 0 bridgehead atoms. The zero-order valence-electron chi connectivity index (χ0n) is 10.3. The molecule has 0 saturated heterocycles. The number of hydrogen-bond donors (Lipinski definition) is 1. The Bertz CT molecular complexity index is 721. The van der Waals surface area contributed by atoms with Gasteiger partial charge in [-0.3, -0.25) is 0 Å². The summed E-state index contributed by atoms with van der Waals surface area (Å²) in [6, 6.07) is 12.2. The molecule has 2 aromatic carbocycles. The number of nitrogens with two attached hydrogens (primary N) is 1. The van der Waals surface area contributed by atoms with Gasteiger partial charge >= 0.3 is 0 Å². The van der Waals surface area contributed by atoms with Crippen LogP contribution in [0.2, 0.25) is 0 Å². The maximum Gasteiger partial charge on any atom is 0.199 e. The molecule has 2 N–H and O–H groups in total. The third kappa shape index (κ3) is 2.35. The summed E-state index contributed by atoms with van der Waals surface area (Å²) in [5.74, 6) is 0.249. The van der Waals surface area contributed by atoms with Crippen LogP contribution in [0.3, 0.4) is 0 Å². The number of fused-ring (bicyclic) bond motifs is 1. The number of nitrogens with zero attached hydrogens (tertiary/aromatic N) is 1. The smallest absolute Gasteiger partial charge is 0.199 e. The van der Waals surface area contributed by atoms with Crippen LogP contribution in [-0.2, 0) is 13.0 Å². The van der Waals surface area contributed by atoms with E-state index in [1.54, 1.807) is 6.07 Å². The minimum atomic E-state index is -0.322. The van der Waals surface area contributed by atoms with Crippen molar-refractivity contribution >= 4 is 11.1 Å². The average molecular weight is 256 g/mol. The van der Waals surface area contributed by atoms with Gasteiger partial charge in [-0.25, -0.2) is 9.37 Å². The second-order valence-corrected chi connectivity index (χ2v) is 4.37. The monoisotopic (exact) mass is 256 g/mol. The Morgan fingerprint density at radius 3 is 2.68 bits per heavy atom. The lowest BCUT2D eigenvalue weighted by atomic mass is 10.0. The summed E-state index contributed by atoms with van der Waals surface area (Å²) < 4.78 is 18.6. The van der Waals surface area contributed by atoms with Gasteiger partial charge in [-0.1, -0.05) is 24.3 Å². The van der Waals surface area contributed by atoms with Gasteiger partial charge in [0.1, 0.15) is 11.3 Å². The molecule has 19 heavy (non-hydrogen) atoms. The van der Waals surface area contributed by atoms with E-state index in [0.29, 0.717) is 30.0 Å². The van der Waals surface area contributed by atoms with Crippen LogP contribution in [0.25, 0.3) is 11.1 Å². The van der Waals surface area contributed by atoms with Crippen LogP contribution in [0.1, 0.15) is 17.0 Å². The van der Waals surface area contributed by atoms with Crippen LogP contribution in [0, 0.1) is 5.82 Å². The van der Waals surface area contributed by atoms with E-state index in [2.05, 4.69) is 4.98 Å². The third-order valence-electron chi connectivity index (χ3n) is 3.07. The van der Waals surface area contributed by atoms with Gasteiger partial charge in [0.15, 0.2) is 11.5 Å². The van der Waals surface area contributed by atoms with Crippen molar-refractivity contribution in [1.29, 1.82) is 0 Å². The maximum atomic E-state index is 13.1. The molecule has 3 nitrogen and oxygen atoms in total. The summed E-state index contributed by atoms with van der Waals surface area (Å²) in [6.45, 7) is 0.477. The summed E-state index contributed by atoms with van der Waals surface area (Å²) in [4.78, 5) is 4.35. The van der Waals surface area contributed by atoms with E-state index in [0.717, 1.165) is 11.1 Å². The number of hydrogen-bond acceptors (Lipinski definition) is 3. The molecular formula is C15H13FN2O. The lowest BCUT2D eigenvalue weighted by Crippen LogP contribution is -2.01. The second-order valence-electron chi connectivity index (χ2n) is 4.37. The Hall–Kier alpha value is -2.20. The van der Waals surface area contributed by atoms with Crippen LogP contribution in [-0.4, -0.2) is 4.98 Å². The van der Waals surface area contributed by atoms with E-state index in [1.807, 2.05) is 24.3 Å².